The van der Waals surface area contributed by atoms with Crippen molar-refractivity contribution in [3.63, 3.8) is 0 Å². The second-order valence-electron chi connectivity index (χ2n) is 7.72. The number of nitrogens with zero attached hydrogens (tertiary/aromatic N) is 1. The van der Waals surface area contributed by atoms with Crippen molar-refractivity contribution in [2.24, 2.45) is 5.41 Å². The normalized spacial score (nSPS) is 13.8. The molecule has 0 aromatic carbocycles. The standard InChI is InChI=1S/C16H27N3O3/c1-9-11(12(21)17-8-10(20)15(2,3)4)13(22)19-14(18-9)16(5,6)7/h10,20H,8H2,1-7H3,(H,17,21)(H,18,19,22). The largest absolute Gasteiger partial charge is 0.391 e. The lowest BCUT2D eigenvalue weighted by molar-refractivity contribution is 0.0586. The number of hydrogen-bond acceptors (Lipinski definition) is 4. The van der Waals surface area contributed by atoms with Gasteiger partial charge in [0.15, 0.2) is 0 Å². The van der Waals surface area contributed by atoms with Gasteiger partial charge in [-0.1, -0.05) is 41.5 Å². The fraction of sp³-hybridized carbons (Fsp3) is 0.688. The molecule has 6 heteroatoms. The van der Waals surface area contributed by atoms with E-state index in [4.69, 9.17) is 0 Å². The summed E-state index contributed by atoms with van der Waals surface area (Å²) in [4.78, 5) is 31.4. The lowest BCUT2D eigenvalue weighted by atomic mass is 9.89. The van der Waals surface area contributed by atoms with Gasteiger partial charge in [0.2, 0.25) is 0 Å². The van der Waals surface area contributed by atoms with Crippen LogP contribution in [-0.4, -0.2) is 33.6 Å². The average Bonchev–Trinajstić information content (AvgIpc) is 2.32. The van der Waals surface area contributed by atoms with Gasteiger partial charge in [0.25, 0.3) is 11.5 Å². The summed E-state index contributed by atoms with van der Waals surface area (Å²) in [5.74, 6) is 0.0243. The van der Waals surface area contributed by atoms with Gasteiger partial charge in [0, 0.05) is 12.0 Å². The Morgan fingerprint density at radius 2 is 1.82 bits per heavy atom. The van der Waals surface area contributed by atoms with Gasteiger partial charge in [-0.3, -0.25) is 9.59 Å². The SMILES string of the molecule is Cc1nc(C(C)(C)C)[nH]c(=O)c1C(=O)NCC(O)C(C)(C)C. The number of nitrogens with one attached hydrogen (secondary N) is 2. The van der Waals surface area contributed by atoms with Gasteiger partial charge in [-0.25, -0.2) is 4.98 Å². The van der Waals surface area contributed by atoms with Crippen LogP contribution >= 0.6 is 0 Å². The van der Waals surface area contributed by atoms with Crippen LogP contribution in [-0.2, 0) is 5.41 Å². The van der Waals surface area contributed by atoms with E-state index in [9.17, 15) is 14.7 Å². The highest BCUT2D eigenvalue weighted by molar-refractivity contribution is 5.94. The van der Waals surface area contributed by atoms with E-state index < -0.39 is 17.6 Å². The van der Waals surface area contributed by atoms with Crippen molar-refractivity contribution in [3.8, 4) is 0 Å². The molecule has 1 unspecified atom stereocenters. The maximum absolute atomic E-state index is 12.2. The molecule has 1 rings (SSSR count). The minimum Gasteiger partial charge on any atom is -0.391 e. The monoisotopic (exact) mass is 309 g/mol. The lowest BCUT2D eigenvalue weighted by Gasteiger charge is -2.26. The van der Waals surface area contributed by atoms with Crippen molar-refractivity contribution in [2.45, 2.75) is 60.0 Å². The van der Waals surface area contributed by atoms with E-state index in [-0.39, 0.29) is 22.9 Å². The molecule has 1 aromatic heterocycles. The minimum absolute atomic E-state index is 0.00545. The number of carbonyl (C=O) groups excluding carboxylic acids is 1. The molecule has 0 fully saturated rings. The molecule has 3 N–H and O–H groups in total. The molecule has 0 aliphatic heterocycles. The van der Waals surface area contributed by atoms with Crippen LogP contribution in [0.2, 0.25) is 0 Å². The molecule has 0 saturated heterocycles. The molecule has 1 aromatic rings. The van der Waals surface area contributed by atoms with Gasteiger partial charge < -0.3 is 15.4 Å². The quantitative estimate of drug-likeness (QED) is 0.789. The highest BCUT2D eigenvalue weighted by Crippen LogP contribution is 2.19. The zero-order valence-electron chi connectivity index (χ0n) is 14.5. The Kier molecular flexibility index (Phi) is 5.18. The highest BCUT2D eigenvalue weighted by atomic mass is 16.3. The van der Waals surface area contributed by atoms with E-state index in [1.54, 1.807) is 6.92 Å². The first-order valence-electron chi connectivity index (χ1n) is 7.41. The molecule has 0 bridgehead atoms. The van der Waals surface area contributed by atoms with Gasteiger partial charge in [0.05, 0.1) is 11.8 Å². The Balaban J connectivity index is 2.99. The summed E-state index contributed by atoms with van der Waals surface area (Å²) in [7, 11) is 0. The number of H-pyrrole nitrogens is 1. The molecule has 0 aliphatic rings. The second-order valence-corrected chi connectivity index (χ2v) is 7.72. The number of aryl methyl sites for hydroxylation is 1. The van der Waals surface area contributed by atoms with Gasteiger partial charge in [-0.2, -0.15) is 0 Å². The van der Waals surface area contributed by atoms with E-state index in [0.717, 1.165) is 0 Å². The molecule has 0 spiro atoms. The molecule has 0 aliphatic carbocycles. The number of amides is 1. The maximum atomic E-state index is 12.2. The number of carbonyl (C=O) groups is 1. The predicted octanol–water partition coefficient (Wildman–Crippen LogP) is 1.51. The Hall–Kier alpha value is -1.69. The Morgan fingerprint density at radius 1 is 1.27 bits per heavy atom. The van der Waals surface area contributed by atoms with Crippen LogP contribution < -0.4 is 10.9 Å². The Labute approximate surface area is 131 Å². The minimum atomic E-state index is -0.697. The Bertz CT molecular complexity index is 607. The van der Waals surface area contributed by atoms with Crippen molar-refractivity contribution < 1.29 is 9.90 Å². The van der Waals surface area contributed by atoms with Crippen molar-refractivity contribution >= 4 is 5.91 Å². The predicted molar refractivity (Wildman–Crippen MR) is 86.1 cm³/mol. The van der Waals surface area contributed by atoms with Crippen LogP contribution in [0.15, 0.2) is 4.79 Å². The van der Waals surface area contributed by atoms with Crippen LogP contribution in [0.5, 0.6) is 0 Å². The fourth-order valence-corrected chi connectivity index (χ4v) is 1.79. The summed E-state index contributed by atoms with van der Waals surface area (Å²) in [6, 6.07) is 0. The first-order chi connectivity index (χ1) is 9.84. The molecule has 124 valence electrons. The van der Waals surface area contributed by atoms with Gasteiger partial charge in [0.1, 0.15) is 11.4 Å². The summed E-state index contributed by atoms with van der Waals surface area (Å²) in [5.41, 5.74) is -0.726. The first-order valence-corrected chi connectivity index (χ1v) is 7.41. The molecule has 0 radical (unpaired) electrons. The molecular weight excluding hydrogens is 282 g/mol. The zero-order chi connectivity index (χ0) is 17.3. The fourth-order valence-electron chi connectivity index (χ4n) is 1.79. The molecule has 0 saturated carbocycles. The van der Waals surface area contributed by atoms with Crippen molar-refractivity contribution in [1.29, 1.82) is 0 Å². The molecule has 22 heavy (non-hydrogen) atoms. The zero-order valence-corrected chi connectivity index (χ0v) is 14.5. The van der Waals surface area contributed by atoms with Crippen molar-refractivity contribution in [2.75, 3.05) is 6.54 Å². The van der Waals surface area contributed by atoms with Crippen LogP contribution in [0.3, 0.4) is 0 Å². The third-order valence-corrected chi connectivity index (χ3v) is 3.49. The van der Waals surface area contributed by atoms with Gasteiger partial charge >= 0.3 is 0 Å². The number of aromatic amines is 1. The van der Waals surface area contributed by atoms with Crippen LogP contribution in [0.25, 0.3) is 0 Å². The number of aliphatic hydroxyl groups is 1. The van der Waals surface area contributed by atoms with Crippen molar-refractivity contribution in [1.82, 2.24) is 15.3 Å². The average molecular weight is 309 g/mol. The summed E-state index contributed by atoms with van der Waals surface area (Å²) in [5, 5.41) is 12.6. The lowest BCUT2D eigenvalue weighted by Crippen LogP contribution is -2.41. The van der Waals surface area contributed by atoms with Crippen LogP contribution in [0.1, 0.15) is 63.4 Å². The highest BCUT2D eigenvalue weighted by Gasteiger charge is 2.25. The molecule has 1 atom stereocenters. The number of hydrogen-bond donors (Lipinski definition) is 3. The number of rotatable bonds is 3. The molecule has 1 amide bonds. The van der Waals surface area contributed by atoms with E-state index in [0.29, 0.717) is 11.5 Å². The maximum Gasteiger partial charge on any atom is 0.264 e. The third kappa shape index (κ3) is 4.40. The number of aromatic nitrogens is 2. The van der Waals surface area contributed by atoms with Crippen molar-refractivity contribution in [3.05, 3.63) is 27.4 Å². The number of aliphatic hydroxyl groups excluding tert-OH is 1. The van der Waals surface area contributed by atoms with E-state index in [1.165, 1.54) is 0 Å². The van der Waals surface area contributed by atoms with Gasteiger partial charge in [-0.15, -0.1) is 0 Å². The van der Waals surface area contributed by atoms with E-state index in [2.05, 4.69) is 15.3 Å². The van der Waals surface area contributed by atoms with E-state index in [1.807, 2.05) is 41.5 Å². The molecular formula is C16H27N3O3. The second kappa shape index (κ2) is 6.20. The summed E-state index contributed by atoms with van der Waals surface area (Å²) in [6.45, 7) is 13.2. The van der Waals surface area contributed by atoms with Crippen LogP contribution in [0, 0.1) is 12.3 Å². The summed E-state index contributed by atoms with van der Waals surface area (Å²) < 4.78 is 0. The smallest absolute Gasteiger partial charge is 0.264 e. The summed E-state index contributed by atoms with van der Waals surface area (Å²) in [6.07, 6.45) is -0.697. The first kappa shape index (κ1) is 18.4. The molecule has 1 heterocycles. The van der Waals surface area contributed by atoms with Gasteiger partial charge in [-0.05, 0) is 12.3 Å². The molecule has 6 nitrogen and oxygen atoms in total. The van der Waals surface area contributed by atoms with Crippen LogP contribution in [0.4, 0.5) is 0 Å². The third-order valence-electron chi connectivity index (χ3n) is 3.49. The summed E-state index contributed by atoms with van der Waals surface area (Å²) >= 11 is 0. The Morgan fingerprint density at radius 3 is 2.23 bits per heavy atom. The topological polar surface area (TPSA) is 95.1 Å². The van der Waals surface area contributed by atoms with E-state index >= 15 is 0 Å².